The quantitative estimate of drug-likeness (QED) is 0.594. The number of carbonyl (C=O) groups is 3. The van der Waals surface area contributed by atoms with Crippen molar-refractivity contribution in [2.45, 2.75) is 59.8 Å². The van der Waals surface area contributed by atoms with Gasteiger partial charge in [0.1, 0.15) is 16.8 Å². The van der Waals surface area contributed by atoms with Crippen molar-refractivity contribution >= 4 is 29.0 Å². The lowest BCUT2D eigenvalue weighted by Gasteiger charge is -2.47. The molecule has 3 aliphatic rings. The minimum absolute atomic E-state index is 0.0127. The Kier molecular flexibility index (Phi) is 5.59. The number of allylic oxidation sites excluding steroid dienone is 1. The summed E-state index contributed by atoms with van der Waals surface area (Å²) in [4.78, 5) is 43.7. The van der Waals surface area contributed by atoms with Crippen molar-refractivity contribution in [2.75, 3.05) is 16.8 Å². The van der Waals surface area contributed by atoms with Gasteiger partial charge in [0.2, 0.25) is 5.91 Å². The Hall–Kier alpha value is -3.87. The number of ketones is 1. The smallest absolute Gasteiger partial charge is 0.339 e. The van der Waals surface area contributed by atoms with Gasteiger partial charge in [-0.2, -0.15) is 0 Å². The zero-order chi connectivity index (χ0) is 26.9. The van der Waals surface area contributed by atoms with E-state index < -0.39 is 17.3 Å². The molecule has 2 aromatic carbocycles. The van der Waals surface area contributed by atoms with Crippen LogP contribution in [-0.4, -0.2) is 24.3 Å². The number of carbonyl (C=O) groups excluding carboxylic acids is 3. The van der Waals surface area contributed by atoms with E-state index in [2.05, 4.69) is 5.32 Å². The van der Waals surface area contributed by atoms with Gasteiger partial charge in [0, 0.05) is 34.6 Å². The van der Waals surface area contributed by atoms with Crippen molar-refractivity contribution in [1.29, 1.82) is 0 Å². The Morgan fingerprint density at radius 2 is 1.78 bits per heavy atom. The molecule has 1 aliphatic carbocycles. The molecule has 7 heteroatoms. The van der Waals surface area contributed by atoms with Gasteiger partial charge in [-0.05, 0) is 68.9 Å². The number of aryl methyl sites for hydroxylation is 3. The molecule has 1 unspecified atom stereocenters. The Morgan fingerprint density at radius 3 is 2.46 bits per heavy atom. The number of ether oxygens (including phenoxy) is 1. The maximum Gasteiger partial charge on any atom is 0.339 e. The summed E-state index contributed by atoms with van der Waals surface area (Å²) in [7, 11) is 0. The Labute approximate surface area is 217 Å². The largest absolute Gasteiger partial charge is 0.462 e. The molecule has 2 aromatic rings. The van der Waals surface area contributed by atoms with Gasteiger partial charge in [0.05, 0.1) is 6.61 Å². The second kappa shape index (κ2) is 8.33. The van der Waals surface area contributed by atoms with Gasteiger partial charge in [-0.15, -0.1) is 0 Å². The lowest BCUT2D eigenvalue weighted by molar-refractivity contribution is -0.140. The third-order valence-electron chi connectivity index (χ3n) is 7.77. The third kappa shape index (κ3) is 3.51. The van der Waals surface area contributed by atoms with Crippen molar-refractivity contribution in [3.8, 4) is 0 Å². The van der Waals surface area contributed by atoms with Crippen LogP contribution in [0.4, 0.5) is 11.4 Å². The monoisotopic (exact) mass is 499 g/mol. The molecule has 0 radical (unpaired) electrons. The molecule has 0 bridgehead atoms. The number of Topliss-reactive ketones (excluding diaryl/α,β-unsaturated/α-hetero) is 1. The standard InChI is InChI=1S/C30H33N3O4/c1-7-37-27(35)25-26(31)33(19-10-9-17(3)18(4)13-19)22-14-29(5,6)15-23(34)24(22)30(25)20-12-16(2)8-11-21(20)32-28(30)36/h8-13H,7,14-15,31H2,1-6H3,(H,32,36). The number of nitrogens with one attached hydrogen (secondary N) is 1. The van der Waals surface area contributed by atoms with Gasteiger partial charge in [-0.1, -0.05) is 37.6 Å². The molecule has 2 heterocycles. The van der Waals surface area contributed by atoms with Crippen LogP contribution < -0.4 is 16.0 Å². The summed E-state index contributed by atoms with van der Waals surface area (Å²) in [6.45, 7) is 11.8. The van der Waals surface area contributed by atoms with Crippen molar-refractivity contribution < 1.29 is 19.1 Å². The number of hydrogen-bond donors (Lipinski definition) is 2. The van der Waals surface area contributed by atoms with Crippen LogP contribution in [0.15, 0.2) is 59.1 Å². The van der Waals surface area contributed by atoms with Crippen LogP contribution in [0.3, 0.4) is 0 Å². The summed E-state index contributed by atoms with van der Waals surface area (Å²) in [6, 6.07) is 11.5. The third-order valence-corrected chi connectivity index (χ3v) is 7.77. The number of hydrogen-bond acceptors (Lipinski definition) is 6. The summed E-state index contributed by atoms with van der Waals surface area (Å²) in [6.07, 6.45) is 0.757. The van der Waals surface area contributed by atoms with Gasteiger partial charge in [0.25, 0.3) is 0 Å². The Balaban J connectivity index is 1.93. The number of fused-ring (bicyclic) bond motifs is 3. The molecule has 5 rings (SSSR count). The molecule has 0 saturated heterocycles. The molecule has 37 heavy (non-hydrogen) atoms. The van der Waals surface area contributed by atoms with Crippen LogP contribution in [0.25, 0.3) is 0 Å². The van der Waals surface area contributed by atoms with Gasteiger partial charge >= 0.3 is 5.97 Å². The van der Waals surface area contributed by atoms with Crippen LogP contribution in [0.5, 0.6) is 0 Å². The van der Waals surface area contributed by atoms with Crippen LogP contribution in [0.2, 0.25) is 0 Å². The first-order chi connectivity index (χ1) is 17.4. The minimum Gasteiger partial charge on any atom is -0.462 e. The van der Waals surface area contributed by atoms with Crippen molar-refractivity contribution in [1.82, 2.24) is 0 Å². The fourth-order valence-electron chi connectivity index (χ4n) is 6.01. The minimum atomic E-state index is -1.68. The van der Waals surface area contributed by atoms with E-state index in [0.717, 1.165) is 22.4 Å². The van der Waals surface area contributed by atoms with E-state index in [4.69, 9.17) is 10.5 Å². The summed E-state index contributed by atoms with van der Waals surface area (Å²) in [5.74, 6) is -1.23. The highest BCUT2D eigenvalue weighted by molar-refractivity contribution is 6.23. The molecule has 1 atom stereocenters. The summed E-state index contributed by atoms with van der Waals surface area (Å²) in [5, 5.41) is 2.94. The first-order valence-corrected chi connectivity index (χ1v) is 12.7. The lowest BCUT2D eigenvalue weighted by atomic mass is 9.60. The topological polar surface area (TPSA) is 102 Å². The highest BCUT2D eigenvalue weighted by Gasteiger charge is 2.63. The summed E-state index contributed by atoms with van der Waals surface area (Å²) in [5.41, 5.74) is 10.7. The average molecular weight is 500 g/mol. The second-order valence-corrected chi connectivity index (χ2v) is 11.1. The van der Waals surface area contributed by atoms with Crippen LogP contribution in [0.1, 0.15) is 55.9 Å². The van der Waals surface area contributed by atoms with Crippen molar-refractivity contribution in [3.05, 3.63) is 81.3 Å². The Bertz CT molecular complexity index is 1450. The molecule has 1 spiro atoms. The van der Waals surface area contributed by atoms with Crippen molar-refractivity contribution in [2.24, 2.45) is 11.1 Å². The normalized spacial score (nSPS) is 22.3. The zero-order valence-electron chi connectivity index (χ0n) is 22.2. The molecule has 2 aliphatic heterocycles. The van der Waals surface area contributed by atoms with Gasteiger partial charge < -0.3 is 15.8 Å². The van der Waals surface area contributed by atoms with E-state index in [9.17, 15) is 14.4 Å². The number of anilines is 2. The highest BCUT2D eigenvalue weighted by atomic mass is 16.5. The van der Waals surface area contributed by atoms with E-state index in [1.165, 1.54) is 0 Å². The van der Waals surface area contributed by atoms with E-state index in [1.807, 2.05) is 71.0 Å². The SMILES string of the molecule is CCOC(=O)C1=C(N)N(c2ccc(C)c(C)c2)C2=C(C(=O)CC(C)(C)C2)C12C(=O)Nc1ccc(C)cc12. The van der Waals surface area contributed by atoms with E-state index in [0.29, 0.717) is 28.9 Å². The number of rotatable bonds is 3. The lowest BCUT2D eigenvalue weighted by Crippen LogP contribution is -2.54. The number of nitrogens with two attached hydrogens (primary N) is 1. The average Bonchev–Trinajstić information content (AvgIpc) is 3.06. The molecule has 7 nitrogen and oxygen atoms in total. The molecule has 1 amide bonds. The van der Waals surface area contributed by atoms with Crippen LogP contribution in [-0.2, 0) is 24.5 Å². The molecule has 0 saturated carbocycles. The molecule has 0 aromatic heterocycles. The predicted octanol–water partition coefficient (Wildman–Crippen LogP) is 4.70. The number of benzene rings is 2. The summed E-state index contributed by atoms with van der Waals surface area (Å²) >= 11 is 0. The fourth-order valence-corrected chi connectivity index (χ4v) is 6.01. The molecule has 3 N–H and O–H groups in total. The first kappa shape index (κ1) is 24.8. The first-order valence-electron chi connectivity index (χ1n) is 12.7. The molecule has 192 valence electrons. The summed E-state index contributed by atoms with van der Waals surface area (Å²) < 4.78 is 5.50. The van der Waals surface area contributed by atoms with E-state index in [1.54, 1.807) is 11.8 Å². The second-order valence-electron chi connectivity index (χ2n) is 11.1. The Morgan fingerprint density at radius 1 is 1.05 bits per heavy atom. The predicted molar refractivity (Wildman–Crippen MR) is 143 cm³/mol. The van der Waals surface area contributed by atoms with Gasteiger partial charge in [0.15, 0.2) is 5.78 Å². The molecule has 0 fully saturated rings. The van der Waals surface area contributed by atoms with Gasteiger partial charge in [-0.3, -0.25) is 14.5 Å². The van der Waals surface area contributed by atoms with Gasteiger partial charge in [-0.25, -0.2) is 4.79 Å². The zero-order valence-corrected chi connectivity index (χ0v) is 22.2. The van der Waals surface area contributed by atoms with E-state index >= 15 is 0 Å². The number of nitrogens with zero attached hydrogens (tertiary/aromatic N) is 1. The number of amides is 1. The maximum absolute atomic E-state index is 14.1. The van der Waals surface area contributed by atoms with Crippen molar-refractivity contribution in [3.63, 3.8) is 0 Å². The van der Waals surface area contributed by atoms with E-state index in [-0.39, 0.29) is 35.6 Å². The highest BCUT2D eigenvalue weighted by Crippen LogP contribution is 2.57. The fraction of sp³-hybridized carbons (Fsp3) is 0.367. The maximum atomic E-state index is 14.1. The molecular weight excluding hydrogens is 466 g/mol. The molecular formula is C30H33N3O4. The van der Waals surface area contributed by atoms with Crippen LogP contribution >= 0.6 is 0 Å². The number of esters is 1. The van der Waals surface area contributed by atoms with Crippen LogP contribution in [0, 0.1) is 26.2 Å².